The number of nitrogens with one attached hydrogen (secondary N) is 2. The highest BCUT2D eigenvalue weighted by Crippen LogP contribution is 2.63. The third-order valence-electron chi connectivity index (χ3n) is 8.46. The van der Waals surface area contributed by atoms with Crippen LogP contribution in [0.25, 0.3) is 11.1 Å². The lowest BCUT2D eigenvalue weighted by Crippen LogP contribution is -2.39. The Hall–Kier alpha value is -2.87. The number of rotatable bonds is 11. The van der Waals surface area contributed by atoms with Gasteiger partial charge in [-0.2, -0.15) is 0 Å². The van der Waals surface area contributed by atoms with Gasteiger partial charge in [-0.15, -0.1) is 0 Å². The number of aryl methyl sites for hydroxylation is 1. The normalized spacial score (nSPS) is 23.5. The quantitative estimate of drug-likeness (QED) is 0.185. The monoisotopic (exact) mass is 550 g/mol. The smallest absolute Gasteiger partial charge is 0.293 e. The van der Waals surface area contributed by atoms with Gasteiger partial charge in [0.25, 0.3) is 6.47 Å². The van der Waals surface area contributed by atoms with Gasteiger partial charge in [0.2, 0.25) is 0 Å². The molecule has 2 aromatic carbocycles. The number of alkyl halides is 2. The van der Waals surface area contributed by atoms with Crippen molar-refractivity contribution in [3.05, 3.63) is 71.4 Å². The average molecular weight is 551 g/mol. The molecule has 4 nitrogen and oxygen atoms in total. The van der Waals surface area contributed by atoms with E-state index in [9.17, 15) is 18.0 Å². The number of benzene rings is 2. The van der Waals surface area contributed by atoms with Gasteiger partial charge in [0, 0.05) is 32.6 Å². The number of hydrogen-bond acceptors (Lipinski definition) is 4. The Balaban J connectivity index is 0.000000667. The Morgan fingerprint density at radius 3 is 2.51 bits per heavy atom. The topological polar surface area (TPSA) is 50.4 Å². The van der Waals surface area contributed by atoms with Crippen LogP contribution in [0.4, 0.5) is 17.6 Å². The second-order valence-electron chi connectivity index (χ2n) is 11.3. The molecule has 0 saturated heterocycles. The summed E-state index contributed by atoms with van der Waals surface area (Å²) in [7, 11) is 1.99. The molecule has 0 radical (unpaired) electrons. The van der Waals surface area contributed by atoms with Crippen molar-refractivity contribution in [2.75, 3.05) is 26.9 Å². The molecule has 216 valence electrons. The summed E-state index contributed by atoms with van der Waals surface area (Å²) in [6, 6.07) is 10.3. The van der Waals surface area contributed by atoms with Crippen LogP contribution in [-0.2, 0) is 16.0 Å². The molecule has 5 rings (SSSR count). The van der Waals surface area contributed by atoms with Crippen LogP contribution in [0.5, 0.6) is 0 Å². The molecular weight excluding hydrogens is 508 g/mol. The van der Waals surface area contributed by atoms with E-state index in [2.05, 4.69) is 21.9 Å². The summed E-state index contributed by atoms with van der Waals surface area (Å²) in [5, 5.41) is 6.81. The van der Waals surface area contributed by atoms with Crippen LogP contribution in [0.1, 0.15) is 46.1 Å². The van der Waals surface area contributed by atoms with Crippen LogP contribution >= 0.6 is 0 Å². The molecule has 1 unspecified atom stereocenters. The van der Waals surface area contributed by atoms with Crippen molar-refractivity contribution in [1.29, 1.82) is 0 Å². The van der Waals surface area contributed by atoms with Gasteiger partial charge in [-0.1, -0.05) is 30.8 Å². The Morgan fingerprint density at radius 1 is 1.21 bits per heavy atom. The molecular formula is C31H42F4N2O2. The largest absolute Gasteiger partial charge is 0.465 e. The zero-order valence-corrected chi connectivity index (χ0v) is 22.7. The van der Waals surface area contributed by atoms with Crippen molar-refractivity contribution in [3.8, 4) is 11.1 Å². The molecule has 0 bridgehead atoms. The van der Waals surface area contributed by atoms with Crippen molar-refractivity contribution in [3.63, 3.8) is 0 Å². The van der Waals surface area contributed by atoms with Crippen molar-refractivity contribution in [2.24, 2.45) is 17.3 Å². The molecule has 0 amide bonds. The molecule has 0 aliphatic heterocycles. The molecule has 3 fully saturated rings. The van der Waals surface area contributed by atoms with Gasteiger partial charge in [0.1, 0.15) is 30.6 Å². The Morgan fingerprint density at radius 2 is 1.95 bits per heavy atom. The summed E-state index contributed by atoms with van der Waals surface area (Å²) in [5.41, 5.74) is 2.42. The maximum atomic E-state index is 15.7. The zero-order chi connectivity index (χ0) is 28.2. The molecule has 3 saturated carbocycles. The first-order chi connectivity index (χ1) is 18.6. The third-order valence-corrected chi connectivity index (χ3v) is 8.46. The first kappa shape index (κ1) is 29.1. The van der Waals surface area contributed by atoms with Crippen molar-refractivity contribution >= 4 is 6.47 Å². The average Bonchev–Trinajstić information content (AvgIpc) is 3.81. The van der Waals surface area contributed by atoms with Crippen LogP contribution in [0.3, 0.4) is 0 Å². The highest BCUT2D eigenvalue weighted by Gasteiger charge is 2.59. The third kappa shape index (κ3) is 6.83. The maximum absolute atomic E-state index is 15.7. The van der Waals surface area contributed by atoms with Crippen LogP contribution in [0, 0.1) is 35.8 Å². The Labute approximate surface area is 231 Å². The van der Waals surface area contributed by atoms with Crippen LogP contribution in [0.15, 0.2) is 48.7 Å². The van der Waals surface area contributed by atoms with Crippen LogP contribution < -0.4 is 10.6 Å². The van der Waals surface area contributed by atoms with E-state index in [0.717, 1.165) is 30.5 Å². The maximum Gasteiger partial charge on any atom is 0.293 e. The van der Waals surface area contributed by atoms with E-state index < -0.39 is 12.3 Å². The summed E-state index contributed by atoms with van der Waals surface area (Å²) in [6.07, 6.45) is 5.12. The van der Waals surface area contributed by atoms with E-state index >= 15 is 4.39 Å². The molecule has 2 N–H and O–H groups in total. The van der Waals surface area contributed by atoms with Crippen molar-refractivity contribution < 1.29 is 29.9 Å². The lowest BCUT2D eigenvalue weighted by atomic mass is 9.84. The van der Waals surface area contributed by atoms with E-state index in [-0.39, 0.29) is 50.9 Å². The SMILES string of the molecule is C=C(NCC1(F)CC1)C1CC2(CC2)[C@H](NC)[C@@H]1Cc1cccc(-c2cc(C)cc(F)c2)c1F.O=COCCF.[HH].[HH]. The number of carbonyl (C=O) groups is 1. The molecule has 39 heavy (non-hydrogen) atoms. The van der Waals surface area contributed by atoms with Gasteiger partial charge in [-0.05, 0) is 92.7 Å². The molecule has 3 aliphatic carbocycles. The number of ether oxygens (including phenoxy) is 1. The fraction of sp³-hybridized carbons (Fsp3) is 0.516. The number of allylic oxidation sites excluding steroid dienone is 1. The Bertz CT molecular complexity index is 1170. The van der Waals surface area contributed by atoms with Crippen molar-refractivity contribution in [1.82, 2.24) is 10.6 Å². The predicted molar refractivity (Wildman–Crippen MR) is 149 cm³/mol. The van der Waals surface area contributed by atoms with Gasteiger partial charge >= 0.3 is 0 Å². The van der Waals surface area contributed by atoms with Crippen LogP contribution in [-0.4, -0.2) is 45.1 Å². The van der Waals surface area contributed by atoms with Gasteiger partial charge in [0.05, 0.1) is 0 Å². The minimum Gasteiger partial charge on any atom is -0.465 e. The van der Waals surface area contributed by atoms with E-state index in [4.69, 9.17) is 0 Å². The number of hydrogen-bond donors (Lipinski definition) is 2. The minimum atomic E-state index is -1.08. The highest BCUT2D eigenvalue weighted by atomic mass is 19.1. The van der Waals surface area contributed by atoms with Crippen molar-refractivity contribution in [2.45, 2.75) is 57.2 Å². The standard InChI is InChI=1S/C28H33F3N2.C3H5FO2.2H2/c1-17-11-20(13-21(29)12-17)22-6-4-5-19(25(22)30)14-23-24(15-27(7-8-27)26(23)32-3)18(2)33-16-28(31)9-10-28;4-1-2-6-3-5;;/h4-6,11-13,23-24,26,32-33H,2,7-10,14-16H2,1,3H3;3H,1-2H2;2*1H/t23-,24?,26-;;;/m1.../s1. The summed E-state index contributed by atoms with van der Waals surface area (Å²) in [6.45, 7) is 5.92. The fourth-order valence-electron chi connectivity index (χ4n) is 6.15. The van der Waals surface area contributed by atoms with Gasteiger partial charge in [-0.3, -0.25) is 4.79 Å². The van der Waals surface area contributed by atoms with Gasteiger partial charge < -0.3 is 15.4 Å². The molecule has 8 heteroatoms. The van der Waals surface area contributed by atoms with E-state index in [1.807, 2.05) is 32.2 Å². The van der Waals surface area contributed by atoms with E-state index in [1.165, 1.54) is 12.1 Å². The molecule has 3 atom stereocenters. The summed E-state index contributed by atoms with van der Waals surface area (Å²) >= 11 is 0. The molecule has 0 heterocycles. The van der Waals surface area contributed by atoms with E-state index in [0.29, 0.717) is 42.5 Å². The molecule has 3 aliphatic rings. The second-order valence-corrected chi connectivity index (χ2v) is 11.3. The van der Waals surface area contributed by atoms with Gasteiger partial charge in [-0.25, -0.2) is 17.6 Å². The summed E-state index contributed by atoms with van der Waals surface area (Å²) < 4.78 is 58.8. The summed E-state index contributed by atoms with van der Waals surface area (Å²) in [4.78, 5) is 9.17. The van der Waals surface area contributed by atoms with E-state index in [1.54, 1.807) is 6.07 Å². The molecule has 1 spiro atoms. The minimum absolute atomic E-state index is 0. The number of carbonyl (C=O) groups excluding carboxylic acids is 1. The lowest BCUT2D eigenvalue weighted by molar-refractivity contribution is -0.129. The first-order valence-electron chi connectivity index (χ1n) is 13.6. The number of halogens is 4. The Kier molecular flexibility index (Phi) is 9.04. The molecule has 0 aromatic heterocycles. The van der Waals surface area contributed by atoms with Gasteiger partial charge in [0.15, 0.2) is 0 Å². The molecule has 2 aromatic rings. The zero-order valence-electron chi connectivity index (χ0n) is 22.7. The summed E-state index contributed by atoms with van der Waals surface area (Å²) in [5.74, 6) is -0.328. The first-order valence-corrected chi connectivity index (χ1v) is 13.6. The van der Waals surface area contributed by atoms with Crippen LogP contribution in [0.2, 0.25) is 0 Å². The predicted octanol–water partition coefficient (Wildman–Crippen LogP) is 6.71. The second kappa shape index (κ2) is 12.1. The fourth-order valence-corrected chi connectivity index (χ4v) is 6.15. The highest BCUT2D eigenvalue weighted by molar-refractivity contribution is 5.66. The lowest BCUT2D eigenvalue weighted by Gasteiger charge is -2.29.